The monoisotopic (exact) mass is 574 g/mol. The second-order valence-electron chi connectivity index (χ2n) is 9.51. The third-order valence-electron chi connectivity index (χ3n) is 7.03. The molecular weight excluding hydrogens is 556 g/mol. The van der Waals surface area contributed by atoms with Crippen molar-refractivity contribution in [2.24, 2.45) is 0 Å². The highest BCUT2D eigenvalue weighted by Crippen LogP contribution is 2.25. The van der Waals surface area contributed by atoms with Gasteiger partial charge in [0.2, 0.25) is 0 Å². The van der Waals surface area contributed by atoms with Crippen molar-refractivity contribution in [2.45, 2.75) is 0 Å². The van der Waals surface area contributed by atoms with Crippen LogP contribution < -0.4 is 5.69 Å². The first kappa shape index (κ1) is 25.1. The van der Waals surface area contributed by atoms with Crippen LogP contribution in [0.1, 0.15) is 20.7 Å². The van der Waals surface area contributed by atoms with Gasteiger partial charge in [0.15, 0.2) is 10.4 Å². The van der Waals surface area contributed by atoms with Gasteiger partial charge >= 0.3 is 17.6 Å². The van der Waals surface area contributed by atoms with Crippen molar-refractivity contribution in [1.82, 2.24) is 28.7 Å². The molecule has 0 unspecified atom stereocenters. The summed E-state index contributed by atoms with van der Waals surface area (Å²) in [7, 11) is 0. The molecule has 204 valence electrons. The summed E-state index contributed by atoms with van der Waals surface area (Å²) in [5.74, 6) is -2.00. The second-order valence-corrected chi connectivity index (χ2v) is 9.90. The number of fused-ring (bicyclic) bond motifs is 10. The van der Waals surface area contributed by atoms with Gasteiger partial charge in [-0.05, 0) is 72.9 Å². The average molecular weight is 575 g/mol. The molecule has 8 rings (SSSR count). The smallest absolute Gasteiger partial charge is 0.335 e. The predicted octanol–water partition coefficient (Wildman–Crippen LogP) is 5.42. The Labute approximate surface area is 238 Å². The van der Waals surface area contributed by atoms with E-state index in [1.165, 1.54) is 16.5 Å². The first-order valence-electron chi connectivity index (χ1n) is 12.6. The van der Waals surface area contributed by atoms with E-state index < -0.39 is 11.9 Å². The molecule has 12 heteroatoms. The van der Waals surface area contributed by atoms with E-state index in [2.05, 4.69) is 19.9 Å². The molecule has 0 atom stereocenters. The Kier molecular flexibility index (Phi) is 5.59. The fraction of sp³-hybridized carbons (Fsp3) is 0. The SMILES string of the molecule is O=C(O)c1ccc2c(c1)[nH]c(=O)n1c3ccccc3nc21.O=C(O)c1ccc2c(c1)[nH]c(=S)n1c3ccccc3nc21. The molecule has 0 aliphatic carbocycles. The minimum absolute atomic E-state index is 0.124. The van der Waals surface area contributed by atoms with Crippen molar-refractivity contribution in [3.63, 3.8) is 0 Å². The van der Waals surface area contributed by atoms with E-state index in [-0.39, 0.29) is 16.8 Å². The molecule has 4 aromatic heterocycles. The standard InChI is InChI=1S/C15H9N3O3.C15H9N3O2S/c2*19-14(20)8-5-6-9-11(7-8)17-15(21)18-12-4-2-1-3-10(12)16-13(9)18/h2*1-7H,(H,17,21)(H,19,20). The number of imidazole rings is 2. The Morgan fingerprint density at radius 3 is 1.69 bits per heavy atom. The molecule has 0 radical (unpaired) electrons. The van der Waals surface area contributed by atoms with E-state index in [0.29, 0.717) is 26.8 Å². The molecule has 8 aromatic rings. The number of aromatic nitrogens is 6. The molecule has 0 saturated carbocycles. The predicted molar refractivity (Wildman–Crippen MR) is 160 cm³/mol. The summed E-state index contributed by atoms with van der Waals surface area (Å²) in [6.45, 7) is 0. The first-order chi connectivity index (χ1) is 20.3. The average Bonchev–Trinajstić information content (AvgIpc) is 3.57. The van der Waals surface area contributed by atoms with E-state index >= 15 is 0 Å². The van der Waals surface area contributed by atoms with Gasteiger partial charge in [-0.25, -0.2) is 28.8 Å². The van der Waals surface area contributed by atoms with Crippen molar-refractivity contribution in [1.29, 1.82) is 0 Å². The van der Waals surface area contributed by atoms with Crippen LogP contribution in [0.15, 0.2) is 89.7 Å². The van der Waals surface area contributed by atoms with Crippen molar-refractivity contribution in [2.75, 3.05) is 0 Å². The highest BCUT2D eigenvalue weighted by atomic mass is 32.1. The van der Waals surface area contributed by atoms with Crippen LogP contribution in [0, 0.1) is 4.77 Å². The van der Waals surface area contributed by atoms with E-state index in [1.54, 1.807) is 24.3 Å². The lowest BCUT2D eigenvalue weighted by molar-refractivity contribution is 0.0686. The van der Waals surface area contributed by atoms with Gasteiger partial charge < -0.3 is 20.2 Å². The van der Waals surface area contributed by atoms with Gasteiger partial charge in [-0.15, -0.1) is 0 Å². The number of carboxylic acids is 2. The number of hydrogen-bond acceptors (Lipinski definition) is 6. The third-order valence-corrected chi connectivity index (χ3v) is 7.31. The normalized spacial score (nSPS) is 11.4. The van der Waals surface area contributed by atoms with Crippen LogP contribution in [0.4, 0.5) is 0 Å². The Bertz CT molecular complexity index is 2370. The van der Waals surface area contributed by atoms with E-state index in [0.717, 1.165) is 33.1 Å². The number of aromatic carboxylic acids is 2. The Morgan fingerprint density at radius 1 is 0.667 bits per heavy atom. The molecular formula is C30H18N6O5S. The van der Waals surface area contributed by atoms with Crippen molar-refractivity contribution < 1.29 is 19.8 Å². The number of benzene rings is 4. The third kappa shape index (κ3) is 3.89. The molecule has 0 saturated heterocycles. The van der Waals surface area contributed by atoms with Gasteiger partial charge in [-0.2, -0.15) is 0 Å². The van der Waals surface area contributed by atoms with Crippen molar-refractivity contribution in [3.05, 3.63) is 111 Å². The molecule has 0 fully saturated rings. The van der Waals surface area contributed by atoms with Gasteiger partial charge in [-0.1, -0.05) is 24.3 Å². The summed E-state index contributed by atoms with van der Waals surface area (Å²) in [4.78, 5) is 49.2. The number of aromatic amines is 2. The zero-order chi connectivity index (χ0) is 29.1. The topological polar surface area (TPSA) is 158 Å². The van der Waals surface area contributed by atoms with E-state index in [4.69, 9.17) is 22.4 Å². The quantitative estimate of drug-likeness (QED) is 0.199. The highest BCUT2D eigenvalue weighted by molar-refractivity contribution is 7.71. The molecule has 0 amide bonds. The van der Waals surface area contributed by atoms with Gasteiger partial charge in [0.25, 0.3) is 0 Å². The van der Waals surface area contributed by atoms with Crippen LogP contribution in [0.2, 0.25) is 0 Å². The molecule has 4 heterocycles. The summed E-state index contributed by atoms with van der Waals surface area (Å²) < 4.78 is 3.86. The largest absolute Gasteiger partial charge is 0.478 e. The summed E-state index contributed by atoms with van der Waals surface area (Å²) in [5, 5.41) is 19.7. The minimum Gasteiger partial charge on any atom is -0.478 e. The number of nitrogens with zero attached hydrogens (tertiary/aromatic N) is 4. The van der Waals surface area contributed by atoms with Crippen LogP contribution >= 0.6 is 12.2 Å². The Morgan fingerprint density at radius 2 is 1.14 bits per heavy atom. The van der Waals surface area contributed by atoms with Crippen molar-refractivity contribution in [3.8, 4) is 0 Å². The lowest BCUT2D eigenvalue weighted by Gasteiger charge is -2.03. The molecule has 0 aliphatic heterocycles. The molecule has 0 spiro atoms. The van der Waals surface area contributed by atoms with Gasteiger partial charge in [0.1, 0.15) is 5.65 Å². The second kappa shape index (κ2) is 9.35. The molecule has 4 N–H and O–H groups in total. The number of para-hydroxylation sites is 4. The maximum Gasteiger partial charge on any atom is 0.335 e. The number of carboxylic acid groups (broad SMARTS) is 2. The number of hydrogen-bond donors (Lipinski definition) is 4. The van der Waals surface area contributed by atoms with E-state index in [9.17, 15) is 14.4 Å². The number of H-pyrrole nitrogens is 2. The maximum absolute atomic E-state index is 12.3. The van der Waals surface area contributed by atoms with Gasteiger partial charge in [0.05, 0.1) is 44.2 Å². The van der Waals surface area contributed by atoms with Crippen LogP contribution in [-0.4, -0.2) is 50.9 Å². The molecule has 4 aromatic carbocycles. The molecule has 0 bridgehead atoms. The van der Waals surface area contributed by atoms with Gasteiger partial charge in [0, 0.05) is 10.8 Å². The zero-order valence-corrected chi connectivity index (χ0v) is 22.2. The fourth-order valence-corrected chi connectivity index (χ4v) is 5.41. The lowest BCUT2D eigenvalue weighted by atomic mass is 10.1. The highest BCUT2D eigenvalue weighted by Gasteiger charge is 2.13. The lowest BCUT2D eigenvalue weighted by Crippen LogP contribution is -2.16. The summed E-state index contributed by atoms with van der Waals surface area (Å²) in [6.07, 6.45) is 0. The molecule has 11 nitrogen and oxygen atoms in total. The first-order valence-corrected chi connectivity index (χ1v) is 13.0. The van der Waals surface area contributed by atoms with Crippen LogP contribution in [0.5, 0.6) is 0 Å². The molecule has 0 aliphatic rings. The summed E-state index contributed by atoms with van der Waals surface area (Å²) >= 11 is 5.39. The minimum atomic E-state index is -1.04. The number of carbonyl (C=O) groups is 2. The van der Waals surface area contributed by atoms with E-state index in [1.807, 2.05) is 52.9 Å². The van der Waals surface area contributed by atoms with Gasteiger partial charge in [-0.3, -0.25) is 4.40 Å². The number of rotatable bonds is 2. The van der Waals surface area contributed by atoms with Crippen molar-refractivity contribution >= 4 is 79.3 Å². The number of nitrogens with one attached hydrogen (secondary N) is 2. The summed E-state index contributed by atoms with van der Waals surface area (Å²) in [6, 6.07) is 24.6. The summed E-state index contributed by atoms with van der Waals surface area (Å²) in [5.41, 5.74) is 5.60. The Hall–Kier alpha value is -5.88. The zero-order valence-electron chi connectivity index (χ0n) is 21.4. The Balaban J connectivity index is 0.000000137. The molecule has 42 heavy (non-hydrogen) atoms. The van der Waals surface area contributed by atoms with Crippen LogP contribution in [0.3, 0.4) is 0 Å². The van der Waals surface area contributed by atoms with Crippen LogP contribution in [-0.2, 0) is 0 Å². The fourth-order valence-electron chi connectivity index (χ4n) is 5.12. The van der Waals surface area contributed by atoms with Crippen LogP contribution in [0.25, 0.3) is 55.2 Å². The maximum atomic E-state index is 12.3.